The van der Waals surface area contributed by atoms with Crippen LogP contribution in [0.2, 0.25) is 0 Å². The van der Waals surface area contributed by atoms with Crippen LogP contribution < -0.4 is 10.2 Å². The Morgan fingerprint density at radius 1 is 1.30 bits per heavy atom. The molecule has 5 nitrogen and oxygen atoms in total. The molecule has 2 N–H and O–H groups in total. The third-order valence-corrected chi connectivity index (χ3v) is 4.29. The summed E-state index contributed by atoms with van der Waals surface area (Å²) in [5.74, 6) is 2.44. The quantitative estimate of drug-likeness (QED) is 0.908. The van der Waals surface area contributed by atoms with Crippen molar-refractivity contribution in [1.29, 1.82) is 0 Å². The average Bonchev–Trinajstić information content (AvgIpc) is 2.53. The number of aliphatic hydroxyl groups is 1. The molecular formula is C18H24N4O. The van der Waals surface area contributed by atoms with Gasteiger partial charge in [-0.2, -0.15) is 0 Å². The standard InChI is InChI=1S/C18H24N4O/c1-12(11-23)19-17-9-18(21-14(3)20-17)22-10-16-7-5-4-6-15(16)8-13(22)2/h4-7,9,12-13,23H,8,10-11H2,1-3H3,(H,19,20,21)/t12-,13+/m0/s1. The number of hydrogen-bond acceptors (Lipinski definition) is 5. The number of nitrogens with zero attached hydrogens (tertiary/aromatic N) is 3. The average molecular weight is 312 g/mol. The van der Waals surface area contributed by atoms with Crippen LogP contribution in [0, 0.1) is 6.92 Å². The molecule has 1 aliphatic heterocycles. The summed E-state index contributed by atoms with van der Waals surface area (Å²) in [4.78, 5) is 11.4. The SMILES string of the molecule is Cc1nc(N[C@@H](C)CO)cc(N2Cc3ccccc3C[C@H]2C)n1. The number of aliphatic hydroxyl groups excluding tert-OH is 1. The molecule has 0 saturated heterocycles. The highest BCUT2D eigenvalue weighted by molar-refractivity contribution is 5.52. The number of benzene rings is 1. The summed E-state index contributed by atoms with van der Waals surface area (Å²) in [6, 6.07) is 10.9. The summed E-state index contributed by atoms with van der Waals surface area (Å²) < 4.78 is 0. The molecule has 5 heteroatoms. The zero-order valence-electron chi connectivity index (χ0n) is 14.0. The van der Waals surface area contributed by atoms with Gasteiger partial charge < -0.3 is 15.3 Å². The van der Waals surface area contributed by atoms with E-state index in [1.165, 1.54) is 11.1 Å². The lowest BCUT2D eigenvalue weighted by atomic mass is 9.95. The van der Waals surface area contributed by atoms with Gasteiger partial charge in [-0.3, -0.25) is 0 Å². The summed E-state index contributed by atoms with van der Waals surface area (Å²) in [5.41, 5.74) is 2.79. The van der Waals surface area contributed by atoms with Gasteiger partial charge in [0.05, 0.1) is 6.61 Å². The Morgan fingerprint density at radius 2 is 2.04 bits per heavy atom. The Bertz CT molecular complexity index is 688. The minimum atomic E-state index is -0.0309. The molecule has 0 radical (unpaired) electrons. The van der Waals surface area contributed by atoms with Crippen molar-refractivity contribution in [2.45, 2.75) is 45.8 Å². The van der Waals surface area contributed by atoms with Crippen LogP contribution in [0.15, 0.2) is 30.3 Å². The fourth-order valence-corrected chi connectivity index (χ4v) is 3.06. The number of anilines is 2. The maximum Gasteiger partial charge on any atom is 0.134 e. The molecule has 0 amide bonds. The molecule has 0 unspecified atom stereocenters. The zero-order valence-corrected chi connectivity index (χ0v) is 14.0. The van der Waals surface area contributed by atoms with Crippen LogP contribution in [0.25, 0.3) is 0 Å². The smallest absolute Gasteiger partial charge is 0.134 e. The first-order chi connectivity index (χ1) is 11.1. The predicted octanol–water partition coefficient (Wildman–Crippen LogP) is 2.53. The molecule has 0 bridgehead atoms. The van der Waals surface area contributed by atoms with Gasteiger partial charge >= 0.3 is 0 Å². The number of rotatable bonds is 4. The number of fused-ring (bicyclic) bond motifs is 1. The first kappa shape index (κ1) is 15.7. The van der Waals surface area contributed by atoms with Gasteiger partial charge in [0.1, 0.15) is 17.5 Å². The number of hydrogen-bond donors (Lipinski definition) is 2. The first-order valence-corrected chi connectivity index (χ1v) is 8.13. The van der Waals surface area contributed by atoms with Crippen molar-refractivity contribution >= 4 is 11.6 Å². The van der Waals surface area contributed by atoms with Crippen LogP contribution in [0.5, 0.6) is 0 Å². The third kappa shape index (κ3) is 3.45. The Hall–Kier alpha value is -2.14. The minimum Gasteiger partial charge on any atom is -0.394 e. The summed E-state index contributed by atoms with van der Waals surface area (Å²) in [7, 11) is 0. The molecule has 0 aliphatic carbocycles. The summed E-state index contributed by atoms with van der Waals surface area (Å²) in [6.45, 7) is 7.00. The van der Waals surface area contributed by atoms with Gasteiger partial charge in [-0.05, 0) is 38.3 Å². The second kappa shape index (κ2) is 6.54. The van der Waals surface area contributed by atoms with Crippen LogP contribution in [0.3, 0.4) is 0 Å². The molecule has 0 spiro atoms. The van der Waals surface area contributed by atoms with E-state index in [2.05, 4.69) is 51.4 Å². The minimum absolute atomic E-state index is 0.0309. The molecule has 3 rings (SSSR count). The molecule has 23 heavy (non-hydrogen) atoms. The number of nitrogens with one attached hydrogen (secondary N) is 1. The lowest BCUT2D eigenvalue weighted by molar-refractivity contribution is 0.281. The first-order valence-electron chi connectivity index (χ1n) is 8.13. The Kier molecular flexibility index (Phi) is 4.48. The van der Waals surface area contributed by atoms with Crippen molar-refractivity contribution < 1.29 is 5.11 Å². The van der Waals surface area contributed by atoms with Crippen molar-refractivity contribution in [1.82, 2.24) is 9.97 Å². The van der Waals surface area contributed by atoms with Gasteiger partial charge in [0, 0.05) is 24.7 Å². The van der Waals surface area contributed by atoms with E-state index in [4.69, 9.17) is 0 Å². The van der Waals surface area contributed by atoms with E-state index in [9.17, 15) is 5.11 Å². The van der Waals surface area contributed by atoms with E-state index < -0.39 is 0 Å². The molecule has 1 aliphatic rings. The zero-order chi connectivity index (χ0) is 16.4. The van der Waals surface area contributed by atoms with E-state index >= 15 is 0 Å². The molecule has 122 valence electrons. The number of aryl methyl sites for hydroxylation is 1. The summed E-state index contributed by atoms with van der Waals surface area (Å²) in [6.07, 6.45) is 1.02. The van der Waals surface area contributed by atoms with E-state index in [0.717, 1.165) is 30.4 Å². The van der Waals surface area contributed by atoms with Gasteiger partial charge in [-0.1, -0.05) is 24.3 Å². The molecule has 1 aromatic heterocycles. The van der Waals surface area contributed by atoms with E-state index in [1.807, 2.05) is 19.9 Å². The van der Waals surface area contributed by atoms with Gasteiger partial charge in [-0.25, -0.2) is 9.97 Å². The predicted molar refractivity (Wildman–Crippen MR) is 92.7 cm³/mol. The van der Waals surface area contributed by atoms with Crippen LogP contribution in [0.1, 0.15) is 30.8 Å². The van der Waals surface area contributed by atoms with E-state index in [1.54, 1.807) is 0 Å². The Morgan fingerprint density at radius 3 is 2.78 bits per heavy atom. The largest absolute Gasteiger partial charge is 0.394 e. The normalized spacial score (nSPS) is 18.4. The van der Waals surface area contributed by atoms with Crippen molar-refractivity contribution in [3.05, 3.63) is 47.3 Å². The number of aromatic nitrogens is 2. The fourth-order valence-electron chi connectivity index (χ4n) is 3.06. The molecular weight excluding hydrogens is 288 g/mol. The van der Waals surface area contributed by atoms with Crippen LogP contribution in [-0.4, -0.2) is 33.8 Å². The van der Waals surface area contributed by atoms with Gasteiger partial charge in [0.15, 0.2) is 0 Å². The van der Waals surface area contributed by atoms with Gasteiger partial charge in [0.25, 0.3) is 0 Å². The summed E-state index contributed by atoms with van der Waals surface area (Å²) >= 11 is 0. The van der Waals surface area contributed by atoms with Crippen molar-refractivity contribution in [3.63, 3.8) is 0 Å². The van der Waals surface area contributed by atoms with Crippen LogP contribution in [-0.2, 0) is 13.0 Å². The molecule has 2 aromatic rings. The lowest BCUT2D eigenvalue weighted by Gasteiger charge is -2.36. The maximum absolute atomic E-state index is 9.22. The van der Waals surface area contributed by atoms with Crippen LogP contribution >= 0.6 is 0 Å². The summed E-state index contributed by atoms with van der Waals surface area (Å²) in [5, 5.41) is 12.4. The topological polar surface area (TPSA) is 61.3 Å². The Labute approximate surface area is 137 Å². The monoisotopic (exact) mass is 312 g/mol. The van der Waals surface area contributed by atoms with Crippen molar-refractivity contribution in [2.75, 3.05) is 16.8 Å². The van der Waals surface area contributed by atoms with Crippen molar-refractivity contribution in [2.24, 2.45) is 0 Å². The van der Waals surface area contributed by atoms with E-state index in [0.29, 0.717) is 6.04 Å². The molecule has 1 aromatic carbocycles. The van der Waals surface area contributed by atoms with Crippen LogP contribution in [0.4, 0.5) is 11.6 Å². The maximum atomic E-state index is 9.22. The van der Waals surface area contributed by atoms with Crippen molar-refractivity contribution in [3.8, 4) is 0 Å². The highest BCUT2D eigenvalue weighted by Crippen LogP contribution is 2.28. The highest BCUT2D eigenvalue weighted by atomic mass is 16.3. The van der Waals surface area contributed by atoms with E-state index in [-0.39, 0.29) is 12.6 Å². The highest BCUT2D eigenvalue weighted by Gasteiger charge is 2.24. The second-order valence-corrected chi connectivity index (χ2v) is 6.34. The molecule has 2 atom stereocenters. The lowest BCUT2D eigenvalue weighted by Crippen LogP contribution is -2.39. The second-order valence-electron chi connectivity index (χ2n) is 6.34. The van der Waals surface area contributed by atoms with Gasteiger partial charge in [0.2, 0.25) is 0 Å². The van der Waals surface area contributed by atoms with Gasteiger partial charge in [-0.15, -0.1) is 0 Å². The molecule has 0 fully saturated rings. The molecule has 2 heterocycles. The molecule has 0 saturated carbocycles. The fraction of sp³-hybridized carbons (Fsp3) is 0.444. The third-order valence-electron chi connectivity index (χ3n) is 4.29. The Balaban J connectivity index is 1.89.